The summed E-state index contributed by atoms with van der Waals surface area (Å²) in [5.41, 5.74) is 2.14. The monoisotopic (exact) mass is 298 g/mol. The van der Waals surface area contributed by atoms with Crippen LogP contribution in [0.15, 0.2) is 48.1 Å². The molecule has 0 unspecified atom stereocenters. The quantitative estimate of drug-likeness (QED) is 0.578. The molecule has 0 saturated carbocycles. The molecule has 1 N–H and O–H groups in total. The summed E-state index contributed by atoms with van der Waals surface area (Å²) in [5.74, 6) is 1.46. The molecule has 0 amide bonds. The van der Waals surface area contributed by atoms with Gasteiger partial charge >= 0.3 is 0 Å². The minimum Gasteiger partial charge on any atom is -0.489 e. The highest BCUT2D eigenvalue weighted by molar-refractivity contribution is 7.98. The number of thioether (sulfide) groups is 1. The van der Waals surface area contributed by atoms with Crippen molar-refractivity contribution in [2.75, 3.05) is 12.9 Å². The third-order valence-corrected chi connectivity index (χ3v) is 3.66. The molecule has 2 aromatic heterocycles. The van der Waals surface area contributed by atoms with Crippen molar-refractivity contribution >= 4 is 23.1 Å². The van der Waals surface area contributed by atoms with Gasteiger partial charge in [0.25, 0.3) is 0 Å². The predicted molar refractivity (Wildman–Crippen MR) is 84.6 cm³/mol. The van der Waals surface area contributed by atoms with E-state index in [1.165, 1.54) is 0 Å². The van der Waals surface area contributed by atoms with E-state index in [1.54, 1.807) is 30.2 Å². The second kappa shape index (κ2) is 5.97. The maximum absolute atomic E-state index is 5.75. The molecular weight excluding hydrogens is 284 g/mol. The molecule has 21 heavy (non-hydrogen) atoms. The molecule has 0 fully saturated rings. The van der Waals surface area contributed by atoms with Crippen LogP contribution in [0.3, 0.4) is 0 Å². The van der Waals surface area contributed by atoms with E-state index in [0.717, 1.165) is 16.2 Å². The van der Waals surface area contributed by atoms with E-state index < -0.39 is 0 Å². The standard InChI is InChI=1S/C15H14N4OS/c1-3-8-20-12-9-10(21-2)4-5-11(12)13-18-14-15(19-13)17-7-6-16-14/h3-7,9H,1,8H2,2H3,(H,16,17,18,19). The Morgan fingerprint density at radius 1 is 1.33 bits per heavy atom. The smallest absolute Gasteiger partial charge is 0.197 e. The fraction of sp³-hybridized carbons (Fsp3) is 0.133. The maximum Gasteiger partial charge on any atom is 0.197 e. The first-order chi connectivity index (χ1) is 10.3. The van der Waals surface area contributed by atoms with Crippen molar-refractivity contribution in [2.45, 2.75) is 4.90 Å². The van der Waals surface area contributed by atoms with Crippen LogP contribution in [0.4, 0.5) is 0 Å². The molecule has 1 aromatic carbocycles. The Kier molecular flexibility index (Phi) is 3.87. The molecule has 0 spiro atoms. The molecule has 0 aliphatic heterocycles. The van der Waals surface area contributed by atoms with E-state index in [0.29, 0.717) is 23.7 Å². The highest BCUT2D eigenvalue weighted by Crippen LogP contribution is 2.32. The van der Waals surface area contributed by atoms with Gasteiger partial charge in [-0.2, -0.15) is 0 Å². The van der Waals surface area contributed by atoms with Crippen molar-refractivity contribution in [3.8, 4) is 17.1 Å². The third kappa shape index (κ3) is 2.75. The summed E-state index contributed by atoms with van der Waals surface area (Å²) in [6.07, 6.45) is 7.01. The first-order valence-corrected chi connectivity index (χ1v) is 7.63. The van der Waals surface area contributed by atoms with E-state index in [1.807, 2.05) is 24.5 Å². The lowest BCUT2D eigenvalue weighted by Gasteiger charge is -2.09. The van der Waals surface area contributed by atoms with Gasteiger partial charge in [0, 0.05) is 17.3 Å². The third-order valence-electron chi connectivity index (χ3n) is 2.93. The van der Waals surface area contributed by atoms with Gasteiger partial charge in [-0.3, -0.25) is 0 Å². The summed E-state index contributed by atoms with van der Waals surface area (Å²) in [6, 6.07) is 6.02. The second-order valence-corrected chi connectivity index (χ2v) is 5.16. The zero-order valence-corrected chi connectivity index (χ0v) is 12.4. The van der Waals surface area contributed by atoms with Crippen molar-refractivity contribution in [2.24, 2.45) is 0 Å². The number of fused-ring (bicyclic) bond motifs is 1. The lowest BCUT2D eigenvalue weighted by Crippen LogP contribution is -1.96. The highest BCUT2D eigenvalue weighted by atomic mass is 32.2. The fourth-order valence-corrected chi connectivity index (χ4v) is 2.40. The number of H-pyrrole nitrogens is 1. The number of rotatable bonds is 5. The number of hydrogen-bond acceptors (Lipinski definition) is 5. The lowest BCUT2D eigenvalue weighted by atomic mass is 10.2. The van der Waals surface area contributed by atoms with Crippen LogP contribution in [0.1, 0.15) is 0 Å². The number of aromatic nitrogens is 4. The minimum atomic E-state index is 0.446. The number of hydrogen-bond donors (Lipinski definition) is 1. The number of benzene rings is 1. The Morgan fingerprint density at radius 2 is 2.19 bits per heavy atom. The first-order valence-electron chi connectivity index (χ1n) is 6.40. The van der Waals surface area contributed by atoms with Crippen molar-refractivity contribution in [3.05, 3.63) is 43.2 Å². The van der Waals surface area contributed by atoms with Gasteiger partial charge in [0.1, 0.15) is 18.2 Å². The van der Waals surface area contributed by atoms with Crippen LogP contribution in [0, 0.1) is 0 Å². The second-order valence-electron chi connectivity index (χ2n) is 4.28. The van der Waals surface area contributed by atoms with Gasteiger partial charge in [0.15, 0.2) is 11.3 Å². The van der Waals surface area contributed by atoms with Crippen LogP contribution in [0.5, 0.6) is 5.75 Å². The zero-order chi connectivity index (χ0) is 14.7. The largest absolute Gasteiger partial charge is 0.489 e. The van der Waals surface area contributed by atoms with Crippen molar-refractivity contribution < 1.29 is 4.74 Å². The molecule has 0 aliphatic carbocycles. The average Bonchev–Trinajstić information content (AvgIpc) is 2.96. The molecule has 106 valence electrons. The van der Waals surface area contributed by atoms with Gasteiger partial charge in [-0.1, -0.05) is 12.7 Å². The number of nitrogens with zero attached hydrogens (tertiary/aromatic N) is 3. The molecule has 6 heteroatoms. The van der Waals surface area contributed by atoms with E-state index in [2.05, 4.69) is 26.5 Å². The van der Waals surface area contributed by atoms with Crippen LogP contribution in [-0.4, -0.2) is 32.8 Å². The number of ether oxygens (including phenoxy) is 1. The molecule has 3 aromatic rings. The zero-order valence-electron chi connectivity index (χ0n) is 11.5. The van der Waals surface area contributed by atoms with Crippen LogP contribution in [0.25, 0.3) is 22.7 Å². The Balaban J connectivity index is 2.08. The van der Waals surface area contributed by atoms with Crippen molar-refractivity contribution in [3.63, 3.8) is 0 Å². The van der Waals surface area contributed by atoms with Gasteiger partial charge in [-0.15, -0.1) is 11.8 Å². The molecule has 3 rings (SSSR count). The first kappa shape index (κ1) is 13.6. The summed E-state index contributed by atoms with van der Waals surface area (Å²) in [7, 11) is 0. The van der Waals surface area contributed by atoms with Crippen molar-refractivity contribution in [1.29, 1.82) is 0 Å². The molecule has 5 nitrogen and oxygen atoms in total. The van der Waals surface area contributed by atoms with Crippen LogP contribution >= 0.6 is 11.8 Å². The molecule has 0 saturated heterocycles. The Bertz CT molecular complexity index is 751. The van der Waals surface area contributed by atoms with E-state index in [4.69, 9.17) is 4.74 Å². The molecule has 0 aliphatic rings. The normalized spacial score (nSPS) is 10.7. The topological polar surface area (TPSA) is 63.7 Å². The number of aromatic amines is 1. The van der Waals surface area contributed by atoms with E-state index in [9.17, 15) is 0 Å². The van der Waals surface area contributed by atoms with Crippen LogP contribution < -0.4 is 4.74 Å². The molecule has 0 radical (unpaired) electrons. The van der Waals surface area contributed by atoms with Crippen LogP contribution in [0.2, 0.25) is 0 Å². The number of nitrogens with one attached hydrogen (secondary N) is 1. The van der Waals surface area contributed by atoms with Gasteiger partial charge in [-0.05, 0) is 24.5 Å². The molecular formula is C15H14N4OS. The Morgan fingerprint density at radius 3 is 2.95 bits per heavy atom. The summed E-state index contributed by atoms with van der Waals surface area (Å²) >= 11 is 1.66. The lowest BCUT2D eigenvalue weighted by molar-refractivity contribution is 0.363. The minimum absolute atomic E-state index is 0.446. The van der Waals surface area contributed by atoms with E-state index >= 15 is 0 Å². The fourth-order valence-electron chi connectivity index (χ4n) is 1.97. The summed E-state index contributed by atoms with van der Waals surface area (Å²) in [5, 5.41) is 0. The van der Waals surface area contributed by atoms with E-state index in [-0.39, 0.29) is 0 Å². The highest BCUT2D eigenvalue weighted by Gasteiger charge is 2.12. The number of imidazole rings is 1. The summed E-state index contributed by atoms with van der Waals surface area (Å²) in [6.45, 7) is 4.13. The molecule has 2 heterocycles. The Labute approximate surface area is 126 Å². The molecule has 0 bridgehead atoms. The molecule has 0 atom stereocenters. The maximum atomic E-state index is 5.75. The average molecular weight is 298 g/mol. The SMILES string of the molecule is C=CCOc1cc(SC)ccc1-c1nc2nccnc2[nH]1. The van der Waals surface area contributed by atoms with Crippen molar-refractivity contribution in [1.82, 2.24) is 19.9 Å². The van der Waals surface area contributed by atoms with Gasteiger partial charge in [0.2, 0.25) is 0 Å². The van der Waals surface area contributed by atoms with Gasteiger partial charge in [0.05, 0.1) is 5.56 Å². The van der Waals surface area contributed by atoms with Gasteiger partial charge < -0.3 is 9.72 Å². The van der Waals surface area contributed by atoms with Gasteiger partial charge in [-0.25, -0.2) is 15.0 Å². The Hall–Kier alpha value is -2.34. The summed E-state index contributed by atoms with van der Waals surface area (Å²) < 4.78 is 5.75. The summed E-state index contributed by atoms with van der Waals surface area (Å²) in [4.78, 5) is 17.2. The predicted octanol–water partition coefficient (Wildman–Crippen LogP) is 3.31. The van der Waals surface area contributed by atoms with Crippen LogP contribution in [-0.2, 0) is 0 Å².